The summed E-state index contributed by atoms with van der Waals surface area (Å²) < 4.78 is 0. The third-order valence-corrected chi connectivity index (χ3v) is 2.07. The molecule has 1 rings (SSSR count). The first kappa shape index (κ1) is 9.29. The van der Waals surface area contributed by atoms with E-state index in [9.17, 15) is 0 Å². The topological polar surface area (TPSA) is 62.0 Å². The van der Waals surface area contributed by atoms with E-state index >= 15 is 0 Å². The van der Waals surface area contributed by atoms with Crippen LogP contribution in [-0.4, -0.2) is 16.7 Å². The van der Waals surface area contributed by atoms with Gasteiger partial charge in [0.15, 0.2) is 0 Å². The van der Waals surface area contributed by atoms with Crippen LogP contribution in [0.25, 0.3) is 0 Å². The van der Waals surface area contributed by atoms with Gasteiger partial charge in [-0.2, -0.15) is 0 Å². The highest BCUT2D eigenvalue weighted by atomic mass is 16.2. The number of nitrogens with one attached hydrogen (secondary N) is 1. The van der Waals surface area contributed by atoms with Crippen LogP contribution >= 0.6 is 0 Å². The van der Waals surface area contributed by atoms with Gasteiger partial charge < -0.3 is 15.8 Å². The van der Waals surface area contributed by atoms with Crippen molar-refractivity contribution in [1.29, 1.82) is 0 Å². The van der Waals surface area contributed by atoms with E-state index in [1.807, 2.05) is 25.3 Å². The van der Waals surface area contributed by atoms with Gasteiger partial charge in [0.05, 0.1) is 5.54 Å². The van der Waals surface area contributed by atoms with Crippen molar-refractivity contribution in [3.63, 3.8) is 0 Å². The summed E-state index contributed by atoms with van der Waals surface area (Å²) in [6.07, 6.45) is 3.40. The zero-order valence-electron chi connectivity index (χ0n) is 7.38. The Bertz CT molecular complexity index is 216. The third kappa shape index (κ3) is 2.09. The van der Waals surface area contributed by atoms with Crippen molar-refractivity contribution in [2.24, 2.45) is 5.73 Å². The van der Waals surface area contributed by atoms with Crippen molar-refractivity contribution in [2.45, 2.75) is 25.3 Å². The van der Waals surface area contributed by atoms with Crippen molar-refractivity contribution in [3.8, 4) is 0 Å². The van der Waals surface area contributed by atoms with Crippen molar-refractivity contribution in [3.05, 3.63) is 24.0 Å². The number of hydrogen-bond donors (Lipinski definition) is 3. The van der Waals surface area contributed by atoms with Crippen LogP contribution in [0.15, 0.2) is 18.3 Å². The normalized spacial score (nSPS) is 15.9. The molecule has 0 spiro atoms. The molecule has 0 saturated carbocycles. The Morgan fingerprint density at radius 3 is 2.92 bits per heavy atom. The van der Waals surface area contributed by atoms with Gasteiger partial charge in [0.25, 0.3) is 0 Å². The van der Waals surface area contributed by atoms with E-state index in [-0.39, 0.29) is 12.1 Å². The third-order valence-electron chi connectivity index (χ3n) is 2.07. The lowest BCUT2D eigenvalue weighted by Crippen LogP contribution is -2.33. The summed E-state index contributed by atoms with van der Waals surface area (Å²) in [6, 6.07) is 3.90. The van der Waals surface area contributed by atoms with Crippen LogP contribution in [0.2, 0.25) is 0 Å². The van der Waals surface area contributed by atoms with E-state index in [1.54, 1.807) is 0 Å². The molecule has 1 aromatic rings. The van der Waals surface area contributed by atoms with E-state index in [1.165, 1.54) is 0 Å². The molecule has 1 unspecified atom stereocenters. The maximum Gasteiger partial charge on any atom is 0.0533 e. The second kappa shape index (κ2) is 3.74. The number of aliphatic hydroxyl groups excluding tert-OH is 1. The fourth-order valence-corrected chi connectivity index (χ4v) is 1.27. The maximum atomic E-state index is 8.66. The number of nitrogens with two attached hydrogens (primary N) is 1. The summed E-state index contributed by atoms with van der Waals surface area (Å²) >= 11 is 0. The van der Waals surface area contributed by atoms with Gasteiger partial charge in [0.1, 0.15) is 0 Å². The van der Waals surface area contributed by atoms with E-state index in [2.05, 4.69) is 4.98 Å². The van der Waals surface area contributed by atoms with Crippen LogP contribution in [0.1, 0.15) is 25.5 Å². The lowest BCUT2D eigenvalue weighted by atomic mass is 9.94. The van der Waals surface area contributed by atoms with Gasteiger partial charge in [-0.1, -0.05) is 0 Å². The molecule has 0 aliphatic carbocycles. The molecule has 1 atom stereocenters. The van der Waals surface area contributed by atoms with Gasteiger partial charge in [-0.05, 0) is 31.9 Å². The molecule has 68 valence electrons. The van der Waals surface area contributed by atoms with Crippen LogP contribution in [0.4, 0.5) is 0 Å². The number of aromatic nitrogens is 1. The Labute approximate surface area is 72.6 Å². The van der Waals surface area contributed by atoms with Crippen LogP contribution in [-0.2, 0) is 5.54 Å². The van der Waals surface area contributed by atoms with E-state index in [0.29, 0.717) is 0 Å². The summed E-state index contributed by atoms with van der Waals surface area (Å²) in [6.45, 7) is 2.17. The molecule has 0 saturated heterocycles. The van der Waals surface area contributed by atoms with Crippen LogP contribution < -0.4 is 5.73 Å². The molecule has 1 heterocycles. The van der Waals surface area contributed by atoms with Gasteiger partial charge in [0, 0.05) is 18.5 Å². The first-order valence-corrected chi connectivity index (χ1v) is 4.20. The zero-order valence-corrected chi connectivity index (χ0v) is 7.38. The molecule has 1 aromatic heterocycles. The van der Waals surface area contributed by atoms with Crippen LogP contribution in [0.5, 0.6) is 0 Å². The number of H-pyrrole nitrogens is 1. The minimum absolute atomic E-state index is 0.202. The first-order chi connectivity index (χ1) is 5.67. The number of hydrogen-bond acceptors (Lipinski definition) is 2. The lowest BCUT2D eigenvalue weighted by Gasteiger charge is -2.22. The van der Waals surface area contributed by atoms with Crippen LogP contribution in [0.3, 0.4) is 0 Å². The minimum atomic E-state index is -0.341. The quantitative estimate of drug-likeness (QED) is 0.627. The van der Waals surface area contributed by atoms with E-state index in [4.69, 9.17) is 10.8 Å². The minimum Gasteiger partial charge on any atom is -0.396 e. The molecule has 0 aromatic carbocycles. The highest BCUT2D eigenvalue weighted by Gasteiger charge is 2.20. The van der Waals surface area contributed by atoms with Crippen molar-refractivity contribution < 1.29 is 5.11 Å². The molecule has 0 aliphatic rings. The highest BCUT2D eigenvalue weighted by molar-refractivity contribution is 5.13. The Balaban J connectivity index is 2.59. The standard InChI is InChI=1S/C9H16N2O/c1-9(10,5-3-7-12)8-4-2-6-11-8/h2,4,6,11-12H,3,5,7,10H2,1H3. The average molecular weight is 168 g/mol. The molecule has 3 heteroatoms. The Hall–Kier alpha value is -0.800. The molecular weight excluding hydrogens is 152 g/mol. The second-order valence-electron chi connectivity index (χ2n) is 3.33. The molecule has 0 radical (unpaired) electrons. The zero-order chi connectivity index (χ0) is 9.03. The van der Waals surface area contributed by atoms with Crippen LogP contribution in [0, 0.1) is 0 Å². The lowest BCUT2D eigenvalue weighted by molar-refractivity contribution is 0.264. The average Bonchev–Trinajstić information content (AvgIpc) is 2.53. The molecular formula is C9H16N2O. The van der Waals surface area contributed by atoms with Gasteiger partial charge in [-0.25, -0.2) is 0 Å². The monoisotopic (exact) mass is 168 g/mol. The van der Waals surface area contributed by atoms with Crippen molar-refractivity contribution in [2.75, 3.05) is 6.61 Å². The SMILES string of the molecule is CC(N)(CCCO)c1ccc[nH]1. The molecule has 0 bridgehead atoms. The van der Waals surface area contributed by atoms with Gasteiger partial charge in [-0.15, -0.1) is 0 Å². The number of aromatic amines is 1. The first-order valence-electron chi connectivity index (χ1n) is 4.20. The van der Waals surface area contributed by atoms with Gasteiger partial charge in [0.2, 0.25) is 0 Å². The Kier molecular flexibility index (Phi) is 2.89. The van der Waals surface area contributed by atoms with Crippen molar-refractivity contribution >= 4 is 0 Å². The smallest absolute Gasteiger partial charge is 0.0533 e. The second-order valence-corrected chi connectivity index (χ2v) is 3.33. The predicted octanol–water partition coefficient (Wildman–Crippen LogP) is 0.961. The van der Waals surface area contributed by atoms with Gasteiger partial charge in [-0.3, -0.25) is 0 Å². The number of rotatable bonds is 4. The number of aliphatic hydroxyl groups is 1. The van der Waals surface area contributed by atoms with E-state index < -0.39 is 0 Å². The summed E-state index contributed by atoms with van der Waals surface area (Å²) in [5.74, 6) is 0. The summed E-state index contributed by atoms with van der Waals surface area (Å²) in [7, 11) is 0. The fourth-order valence-electron chi connectivity index (χ4n) is 1.27. The molecule has 0 aliphatic heterocycles. The molecule has 12 heavy (non-hydrogen) atoms. The molecule has 3 nitrogen and oxygen atoms in total. The summed E-state index contributed by atoms with van der Waals surface area (Å²) in [4.78, 5) is 3.08. The summed E-state index contributed by atoms with van der Waals surface area (Å²) in [5, 5.41) is 8.66. The molecule has 4 N–H and O–H groups in total. The largest absolute Gasteiger partial charge is 0.396 e. The Morgan fingerprint density at radius 2 is 2.42 bits per heavy atom. The Morgan fingerprint density at radius 1 is 1.67 bits per heavy atom. The summed E-state index contributed by atoms with van der Waals surface area (Å²) in [5.41, 5.74) is 6.71. The van der Waals surface area contributed by atoms with E-state index in [0.717, 1.165) is 18.5 Å². The fraction of sp³-hybridized carbons (Fsp3) is 0.556. The molecule has 0 amide bonds. The van der Waals surface area contributed by atoms with Gasteiger partial charge >= 0.3 is 0 Å². The molecule has 0 fully saturated rings. The maximum absolute atomic E-state index is 8.66. The highest BCUT2D eigenvalue weighted by Crippen LogP contribution is 2.20. The predicted molar refractivity (Wildman–Crippen MR) is 48.7 cm³/mol. The van der Waals surface area contributed by atoms with Crippen molar-refractivity contribution in [1.82, 2.24) is 4.98 Å².